The zero-order valence-corrected chi connectivity index (χ0v) is 12.0. The van der Waals surface area contributed by atoms with Crippen molar-refractivity contribution in [2.75, 3.05) is 13.2 Å². The molecule has 0 saturated heterocycles. The van der Waals surface area contributed by atoms with E-state index < -0.39 is 6.04 Å². The summed E-state index contributed by atoms with van der Waals surface area (Å²) >= 11 is 0. The molecule has 6 nitrogen and oxygen atoms in total. The van der Waals surface area contributed by atoms with Gasteiger partial charge in [0.05, 0.1) is 12.8 Å². The predicted molar refractivity (Wildman–Crippen MR) is 75.7 cm³/mol. The molecular formula is C14H24N4O2. The van der Waals surface area contributed by atoms with Crippen molar-refractivity contribution < 1.29 is 9.90 Å². The van der Waals surface area contributed by atoms with E-state index in [0.29, 0.717) is 12.1 Å². The number of hydrogen-bond donors (Lipinski definition) is 3. The van der Waals surface area contributed by atoms with Crippen LogP contribution in [0.4, 0.5) is 0 Å². The average molecular weight is 280 g/mol. The number of nitrogens with one attached hydrogen (secondary N) is 1. The van der Waals surface area contributed by atoms with Crippen LogP contribution in [0.15, 0.2) is 12.4 Å². The van der Waals surface area contributed by atoms with Crippen LogP contribution >= 0.6 is 0 Å². The molecule has 2 rings (SSSR count). The van der Waals surface area contributed by atoms with Crippen molar-refractivity contribution in [1.82, 2.24) is 15.1 Å². The third-order valence-electron chi connectivity index (χ3n) is 4.25. The maximum absolute atomic E-state index is 12.1. The number of carbonyl (C=O) groups is 1. The van der Waals surface area contributed by atoms with E-state index in [0.717, 1.165) is 25.7 Å². The Kier molecular flexibility index (Phi) is 4.77. The third-order valence-corrected chi connectivity index (χ3v) is 4.25. The maximum Gasteiger partial charge on any atom is 0.241 e. The number of aryl methyl sites for hydroxylation is 1. The first kappa shape index (κ1) is 15.0. The van der Waals surface area contributed by atoms with Gasteiger partial charge in [0.15, 0.2) is 0 Å². The summed E-state index contributed by atoms with van der Waals surface area (Å²) in [5.41, 5.74) is 6.46. The number of aromatic nitrogens is 2. The molecule has 112 valence electrons. The smallest absolute Gasteiger partial charge is 0.241 e. The van der Waals surface area contributed by atoms with Gasteiger partial charge in [0, 0.05) is 30.8 Å². The molecule has 0 bridgehead atoms. The van der Waals surface area contributed by atoms with Crippen LogP contribution in [0.3, 0.4) is 0 Å². The molecule has 1 aliphatic carbocycles. The van der Waals surface area contributed by atoms with Crippen LogP contribution < -0.4 is 11.1 Å². The highest BCUT2D eigenvalue weighted by molar-refractivity contribution is 5.82. The second-order valence-electron chi connectivity index (χ2n) is 5.86. The Morgan fingerprint density at radius 2 is 2.25 bits per heavy atom. The lowest BCUT2D eigenvalue weighted by atomic mass is 9.74. The van der Waals surface area contributed by atoms with Gasteiger partial charge in [-0.25, -0.2) is 0 Å². The summed E-state index contributed by atoms with van der Waals surface area (Å²) in [6, 6.07) is -0.706. The minimum absolute atomic E-state index is 0.120. The van der Waals surface area contributed by atoms with Crippen molar-refractivity contribution in [2.24, 2.45) is 18.2 Å². The SMILES string of the molecule is Cn1cc(C(N)C(=O)NCC2(CO)CCCCC2)cn1. The number of aliphatic hydroxyl groups is 1. The molecule has 1 fully saturated rings. The van der Waals surface area contributed by atoms with E-state index in [1.807, 2.05) is 0 Å². The molecule has 1 amide bonds. The number of hydrogen-bond acceptors (Lipinski definition) is 4. The van der Waals surface area contributed by atoms with Gasteiger partial charge in [-0.05, 0) is 12.8 Å². The van der Waals surface area contributed by atoms with Gasteiger partial charge >= 0.3 is 0 Å². The zero-order chi connectivity index (χ0) is 14.6. The average Bonchev–Trinajstić information content (AvgIpc) is 2.91. The van der Waals surface area contributed by atoms with Crippen LogP contribution in [-0.2, 0) is 11.8 Å². The van der Waals surface area contributed by atoms with Crippen molar-refractivity contribution in [1.29, 1.82) is 0 Å². The standard InChI is InChI=1S/C14H24N4O2/c1-18-8-11(7-17-18)12(15)13(20)16-9-14(10-19)5-3-2-4-6-14/h7-8,12,19H,2-6,9-10,15H2,1H3,(H,16,20). The maximum atomic E-state index is 12.1. The minimum atomic E-state index is -0.706. The Bertz CT molecular complexity index is 452. The Morgan fingerprint density at radius 3 is 2.80 bits per heavy atom. The second kappa shape index (κ2) is 6.37. The van der Waals surface area contributed by atoms with Crippen LogP contribution in [0.2, 0.25) is 0 Å². The Balaban J connectivity index is 1.90. The molecule has 1 unspecified atom stereocenters. The Hall–Kier alpha value is -1.40. The lowest BCUT2D eigenvalue weighted by molar-refractivity contribution is -0.123. The van der Waals surface area contributed by atoms with E-state index in [9.17, 15) is 9.90 Å². The van der Waals surface area contributed by atoms with Gasteiger partial charge < -0.3 is 16.2 Å². The summed E-state index contributed by atoms with van der Waals surface area (Å²) in [6.07, 6.45) is 8.72. The molecule has 20 heavy (non-hydrogen) atoms. The van der Waals surface area contributed by atoms with E-state index in [2.05, 4.69) is 10.4 Å². The predicted octanol–water partition coefficient (Wildman–Crippen LogP) is 0.479. The molecule has 1 aromatic rings. The van der Waals surface area contributed by atoms with E-state index in [4.69, 9.17) is 5.73 Å². The normalized spacial score (nSPS) is 19.6. The van der Waals surface area contributed by atoms with E-state index in [-0.39, 0.29) is 17.9 Å². The van der Waals surface area contributed by atoms with Crippen LogP contribution in [0.1, 0.15) is 43.7 Å². The number of amides is 1. The van der Waals surface area contributed by atoms with Crippen LogP contribution in [0.25, 0.3) is 0 Å². The highest BCUT2D eigenvalue weighted by Gasteiger charge is 2.32. The van der Waals surface area contributed by atoms with E-state index in [1.165, 1.54) is 6.42 Å². The largest absolute Gasteiger partial charge is 0.396 e. The number of nitrogens with zero attached hydrogens (tertiary/aromatic N) is 2. The monoisotopic (exact) mass is 280 g/mol. The van der Waals surface area contributed by atoms with Gasteiger partial charge in [-0.15, -0.1) is 0 Å². The first-order chi connectivity index (χ1) is 9.56. The number of rotatable bonds is 5. The highest BCUT2D eigenvalue weighted by atomic mass is 16.3. The number of nitrogens with two attached hydrogens (primary N) is 1. The van der Waals surface area contributed by atoms with Gasteiger partial charge in [0.1, 0.15) is 6.04 Å². The molecule has 1 aromatic heterocycles. The fourth-order valence-electron chi connectivity index (χ4n) is 2.83. The van der Waals surface area contributed by atoms with Gasteiger partial charge in [-0.1, -0.05) is 19.3 Å². The molecule has 1 aliphatic rings. The third kappa shape index (κ3) is 3.37. The zero-order valence-electron chi connectivity index (χ0n) is 12.0. The van der Waals surface area contributed by atoms with E-state index >= 15 is 0 Å². The number of aliphatic hydroxyl groups excluding tert-OH is 1. The van der Waals surface area contributed by atoms with E-state index in [1.54, 1.807) is 24.1 Å². The summed E-state index contributed by atoms with van der Waals surface area (Å²) in [5.74, 6) is -0.212. The van der Waals surface area contributed by atoms with Crippen molar-refractivity contribution >= 4 is 5.91 Å². The molecule has 0 spiro atoms. The fourth-order valence-corrected chi connectivity index (χ4v) is 2.83. The first-order valence-corrected chi connectivity index (χ1v) is 7.19. The van der Waals surface area contributed by atoms with Crippen LogP contribution in [0, 0.1) is 5.41 Å². The lowest BCUT2D eigenvalue weighted by Gasteiger charge is -2.35. The summed E-state index contributed by atoms with van der Waals surface area (Å²) in [4.78, 5) is 12.1. The van der Waals surface area contributed by atoms with Crippen molar-refractivity contribution in [3.8, 4) is 0 Å². The van der Waals surface area contributed by atoms with Crippen molar-refractivity contribution in [3.05, 3.63) is 18.0 Å². The first-order valence-electron chi connectivity index (χ1n) is 7.19. The van der Waals surface area contributed by atoms with Gasteiger partial charge in [-0.3, -0.25) is 9.48 Å². The van der Waals surface area contributed by atoms with Crippen LogP contribution in [0.5, 0.6) is 0 Å². The minimum Gasteiger partial charge on any atom is -0.396 e. The van der Waals surface area contributed by atoms with Crippen molar-refractivity contribution in [3.63, 3.8) is 0 Å². The van der Waals surface area contributed by atoms with Crippen molar-refractivity contribution in [2.45, 2.75) is 38.1 Å². The Morgan fingerprint density at radius 1 is 1.55 bits per heavy atom. The van der Waals surface area contributed by atoms with Gasteiger partial charge in [0.2, 0.25) is 5.91 Å². The van der Waals surface area contributed by atoms with Crippen LogP contribution in [-0.4, -0.2) is 33.9 Å². The highest BCUT2D eigenvalue weighted by Crippen LogP contribution is 2.35. The summed E-state index contributed by atoms with van der Waals surface area (Å²) in [5, 5.41) is 16.5. The molecule has 0 radical (unpaired) electrons. The molecule has 0 aliphatic heterocycles. The Labute approximate surface area is 119 Å². The fraction of sp³-hybridized carbons (Fsp3) is 0.714. The molecule has 1 heterocycles. The van der Waals surface area contributed by atoms with Gasteiger partial charge in [-0.2, -0.15) is 5.10 Å². The quantitative estimate of drug-likeness (QED) is 0.731. The molecule has 6 heteroatoms. The summed E-state index contributed by atoms with van der Waals surface area (Å²) < 4.78 is 1.62. The molecule has 1 saturated carbocycles. The van der Waals surface area contributed by atoms with Gasteiger partial charge in [0.25, 0.3) is 0 Å². The number of carbonyl (C=O) groups excluding carboxylic acids is 1. The molecule has 1 atom stereocenters. The molecular weight excluding hydrogens is 256 g/mol. The second-order valence-corrected chi connectivity index (χ2v) is 5.86. The molecule has 0 aromatic carbocycles. The summed E-state index contributed by atoms with van der Waals surface area (Å²) in [7, 11) is 1.79. The lowest BCUT2D eigenvalue weighted by Crippen LogP contribution is -2.44. The molecule has 4 N–H and O–H groups in total. The summed E-state index contributed by atoms with van der Waals surface area (Å²) in [6.45, 7) is 0.617. The topological polar surface area (TPSA) is 93.2 Å².